The van der Waals surface area contributed by atoms with Crippen LogP contribution in [0, 0.1) is 0 Å². The van der Waals surface area contributed by atoms with Crippen LogP contribution in [-0.4, -0.2) is 0 Å². The second kappa shape index (κ2) is 6.94. The molecule has 1 aliphatic rings. The van der Waals surface area contributed by atoms with Gasteiger partial charge in [0, 0.05) is 0 Å². The Hall–Kier alpha value is -2.86. The van der Waals surface area contributed by atoms with Crippen LogP contribution < -0.4 is 0 Å². The number of hydrogen-bond acceptors (Lipinski definition) is 0. The van der Waals surface area contributed by atoms with Crippen molar-refractivity contribution < 1.29 is 0 Å². The molecule has 0 heteroatoms. The van der Waals surface area contributed by atoms with E-state index in [9.17, 15) is 0 Å². The van der Waals surface area contributed by atoms with Crippen molar-refractivity contribution in [2.75, 3.05) is 0 Å². The Labute approximate surface area is 150 Å². The maximum absolute atomic E-state index is 2.29. The smallest absolute Gasteiger partial charge is 0.00199 e. The summed E-state index contributed by atoms with van der Waals surface area (Å²) in [5, 5.41) is 0. The molecule has 0 atom stereocenters. The normalized spacial score (nSPS) is 14.3. The highest BCUT2D eigenvalue weighted by Crippen LogP contribution is 2.44. The first-order valence-electron chi connectivity index (χ1n) is 8.90. The first-order chi connectivity index (χ1) is 12.3. The van der Waals surface area contributed by atoms with Crippen molar-refractivity contribution in [2.24, 2.45) is 0 Å². The minimum absolute atomic E-state index is 0.993. The standard InChI is InChI=1S/C25H22/c1-19-17-24(21-13-7-3-8-14-21)25(22-15-9-4-10-16-22)23(19)18-20-11-5-2-6-12-20/h2-16H,17-18H2,1H3. The first kappa shape index (κ1) is 15.7. The van der Waals surface area contributed by atoms with E-state index in [1.807, 2.05) is 0 Å². The number of rotatable bonds is 4. The largest absolute Gasteiger partial charge is 0.0647 e. The van der Waals surface area contributed by atoms with Crippen molar-refractivity contribution >= 4 is 11.1 Å². The maximum Gasteiger partial charge on any atom is -0.00199 e. The third kappa shape index (κ3) is 3.21. The SMILES string of the molecule is CC1=C(Cc2ccccc2)C(c2ccccc2)=C(c2ccccc2)C1. The molecule has 0 radical (unpaired) electrons. The molecule has 25 heavy (non-hydrogen) atoms. The van der Waals surface area contributed by atoms with Gasteiger partial charge >= 0.3 is 0 Å². The van der Waals surface area contributed by atoms with Crippen molar-refractivity contribution in [1.29, 1.82) is 0 Å². The lowest BCUT2D eigenvalue weighted by Gasteiger charge is -2.14. The topological polar surface area (TPSA) is 0 Å². The molecular weight excluding hydrogens is 300 g/mol. The summed E-state index contributed by atoms with van der Waals surface area (Å²) in [5.74, 6) is 0. The predicted molar refractivity (Wildman–Crippen MR) is 107 cm³/mol. The van der Waals surface area contributed by atoms with Crippen LogP contribution in [0.15, 0.2) is 102 Å². The Morgan fingerprint density at radius 1 is 0.640 bits per heavy atom. The van der Waals surface area contributed by atoms with Gasteiger partial charge in [-0.3, -0.25) is 0 Å². The molecule has 0 unspecified atom stereocenters. The van der Waals surface area contributed by atoms with Gasteiger partial charge < -0.3 is 0 Å². The molecule has 0 nitrogen and oxygen atoms in total. The molecule has 3 aromatic carbocycles. The fraction of sp³-hybridized carbons (Fsp3) is 0.120. The van der Waals surface area contributed by atoms with Crippen LogP contribution in [-0.2, 0) is 6.42 Å². The molecule has 0 saturated carbocycles. The lowest BCUT2D eigenvalue weighted by atomic mass is 9.90. The summed E-state index contributed by atoms with van der Waals surface area (Å²) in [7, 11) is 0. The van der Waals surface area contributed by atoms with Crippen LogP contribution in [0.1, 0.15) is 30.0 Å². The fourth-order valence-electron chi connectivity index (χ4n) is 3.73. The van der Waals surface area contributed by atoms with E-state index in [1.54, 1.807) is 0 Å². The van der Waals surface area contributed by atoms with E-state index in [0.717, 1.165) is 12.8 Å². The summed E-state index contributed by atoms with van der Waals surface area (Å²) >= 11 is 0. The van der Waals surface area contributed by atoms with Crippen LogP contribution in [0.4, 0.5) is 0 Å². The minimum atomic E-state index is 0.993. The minimum Gasteiger partial charge on any atom is -0.0647 e. The summed E-state index contributed by atoms with van der Waals surface area (Å²) in [4.78, 5) is 0. The molecule has 0 amide bonds. The maximum atomic E-state index is 2.29. The van der Waals surface area contributed by atoms with Gasteiger partial charge in [0.25, 0.3) is 0 Å². The van der Waals surface area contributed by atoms with E-state index in [2.05, 4.69) is 97.9 Å². The highest BCUT2D eigenvalue weighted by molar-refractivity contribution is 6.02. The van der Waals surface area contributed by atoms with Gasteiger partial charge in [0.15, 0.2) is 0 Å². The molecule has 4 rings (SSSR count). The quantitative estimate of drug-likeness (QED) is 0.510. The fourth-order valence-corrected chi connectivity index (χ4v) is 3.73. The van der Waals surface area contributed by atoms with Crippen molar-refractivity contribution in [3.63, 3.8) is 0 Å². The van der Waals surface area contributed by atoms with E-state index in [0.29, 0.717) is 0 Å². The van der Waals surface area contributed by atoms with Crippen molar-refractivity contribution in [3.8, 4) is 0 Å². The summed E-state index contributed by atoms with van der Waals surface area (Å²) < 4.78 is 0. The zero-order valence-corrected chi connectivity index (χ0v) is 14.6. The van der Waals surface area contributed by atoms with Crippen LogP contribution in [0.25, 0.3) is 11.1 Å². The van der Waals surface area contributed by atoms with Crippen LogP contribution in [0.5, 0.6) is 0 Å². The Morgan fingerprint density at radius 3 is 1.76 bits per heavy atom. The number of hydrogen-bond donors (Lipinski definition) is 0. The molecule has 0 heterocycles. The molecule has 0 aliphatic heterocycles. The molecule has 0 bridgehead atoms. The van der Waals surface area contributed by atoms with Crippen molar-refractivity contribution in [3.05, 3.63) is 119 Å². The molecule has 122 valence electrons. The molecule has 3 aromatic rings. The van der Waals surface area contributed by atoms with Crippen LogP contribution in [0.3, 0.4) is 0 Å². The van der Waals surface area contributed by atoms with Gasteiger partial charge in [-0.25, -0.2) is 0 Å². The monoisotopic (exact) mass is 322 g/mol. The Balaban J connectivity index is 1.84. The van der Waals surface area contributed by atoms with Gasteiger partial charge in [-0.2, -0.15) is 0 Å². The van der Waals surface area contributed by atoms with E-state index >= 15 is 0 Å². The summed E-state index contributed by atoms with van der Waals surface area (Å²) in [6, 6.07) is 32.5. The van der Waals surface area contributed by atoms with Crippen molar-refractivity contribution in [2.45, 2.75) is 19.8 Å². The molecule has 0 fully saturated rings. The predicted octanol–water partition coefficient (Wildman–Crippen LogP) is 6.56. The zero-order chi connectivity index (χ0) is 17.1. The molecule has 1 aliphatic carbocycles. The second-order valence-electron chi connectivity index (χ2n) is 6.68. The zero-order valence-electron chi connectivity index (χ0n) is 14.6. The summed E-state index contributed by atoms with van der Waals surface area (Å²) in [6.07, 6.45) is 2.03. The second-order valence-corrected chi connectivity index (χ2v) is 6.68. The first-order valence-corrected chi connectivity index (χ1v) is 8.90. The Morgan fingerprint density at radius 2 is 1.16 bits per heavy atom. The summed E-state index contributed by atoms with van der Waals surface area (Å²) in [6.45, 7) is 2.29. The molecule has 0 saturated heterocycles. The molecule has 0 aromatic heterocycles. The van der Waals surface area contributed by atoms with Crippen LogP contribution >= 0.6 is 0 Å². The van der Waals surface area contributed by atoms with E-state index < -0.39 is 0 Å². The van der Waals surface area contributed by atoms with Gasteiger partial charge in [-0.1, -0.05) is 96.6 Å². The number of allylic oxidation sites excluding steroid dienone is 4. The Bertz CT molecular complexity index is 914. The van der Waals surface area contributed by atoms with Crippen LogP contribution in [0.2, 0.25) is 0 Å². The Kier molecular flexibility index (Phi) is 4.35. The van der Waals surface area contributed by atoms with Gasteiger partial charge in [0.1, 0.15) is 0 Å². The van der Waals surface area contributed by atoms with Gasteiger partial charge in [0.2, 0.25) is 0 Å². The third-order valence-electron chi connectivity index (χ3n) is 4.97. The molecule has 0 N–H and O–H groups in total. The van der Waals surface area contributed by atoms with Gasteiger partial charge in [-0.05, 0) is 53.2 Å². The highest BCUT2D eigenvalue weighted by Gasteiger charge is 2.24. The lowest BCUT2D eigenvalue weighted by molar-refractivity contribution is 1.14. The van der Waals surface area contributed by atoms with E-state index in [-0.39, 0.29) is 0 Å². The van der Waals surface area contributed by atoms with Crippen molar-refractivity contribution in [1.82, 2.24) is 0 Å². The van der Waals surface area contributed by atoms with E-state index in [1.165, 1.54) is 39.0 Å². The molecular formula is C25H22. The van der Waals surface area contributed by atoms with Gasteiger partial charge in [0.05, 0.1) is 0 Å². The summed E-state index contributed by atoms with van der Waals surface area (Å²) in [5.41, 5.74) is 9.88. The average molecular weight is 322 g/mol. The third-order valence-corrected chi connectivity index (χ3v) is 4.97. The average Bonchev–Trinajstić information content (AvgIpc) is 3.00. The van der Waals surface area contributed by atoms with Gasteiger partial charge in [-0.15, -0.1) is 0 Å². The van der Waals surface area contributed by atoms with E-state index in [4.69, 9.17) is 0 Å². The number of benzene rings is 3. The lowest BCUT2D eigenvalue weighted by Crippen LogP contribution is -1.95. The molecule has 0 spiro atoms. The highest BCUT2D eigenvalue weighted by atomic mass is 14.3.